The monoisotopic (exact) mass is 444 g/mol. The minimum atomic E-state index is -0.216. The van der Waals surface area contributed by atoms with Crippen LogP contribution in [0.25, 0.3) is 0 Å². The molecule has 2 aromatic carbocycles. The largest absolute Gasteiger partial charge is 0.493 e. The van der Waals surface area contributed by atoms with E-state index in [1.165, 1.54) is 28.4 Å². The van der Waals surface area contributed by atoms with Gasteiger partial charge in [-0.1, -0.05) is 19.1 Å². The zero-order valence-corrected chi connectivity index (χ0v) is 19.3. The van der Waals surface area contributed by atoms with E-state index in [-0.39, 0.29) is 11.8 Å². The van der Waals surface area contributed by atoms with Gasteiger partial charge in [-0.2, -0.15) is 0 Å². The van der Waals surface area contributed by atoms with Gasteiger partial charge in [-0.15, -0.1) is 0 Å². The highest BCUT2D eigenvalue weighted by Gasteiger charge is 2.17. The standard InChI is InChI=1S/C24H32N2O6/c1-16(12-14-25-23(27)17-8-6-10-19(29-2)21(17)31-4)13-15-26-24(28)18-9-7-11-20(30-3)22(18)32-5/h6-11,16H,12-15H2,1-5H3,(H,25,27)(H,26,28). The van der Waals surface area contributed by atoms with Crippen LogP contribution in [0.2, 0.25) is 0 Å². The molecule has 0 fully saturated rings. The summed E-state index contributed by atoms with van der Waals surface area (Å²) in [6.07, 6.45) is 1.55. The number of rotatable bonds is 12. The number of hydrogen-bond donors (Lipinski definition) is 2. The molecule has 0 saturated carbocycles. The number of benzene rings is 2. The Hall–Kier alpha value is -3.42. The third-order valence-electron chi connectivity index (χ3n) is 5.14. The lowest BCUT2D eigenvalue weighted by Crippen LogP contribution is -2.28. The van der Waals surface area contributed by atoms with Crippen molar-refractivity contribution in [2.24, 2.45) is 5.92 Å². The maximum Gasteiger partial charge on any atom is 0.255 e. The number of carbonyl (C=O) groups is 2. The highest BCUT2D eigenvalue weighted by atomic mass is 16.5. The number of para-hydroxylation sites is 2. The molecule has 0 heterocycles. The SMILES string of the molecule is COc1cccc(C(=O)NCCC(C)CCNC(=O)c2cccc(OC)c2OC)c1OC. The third-order valence-corrected chi connectivity index (χ3v) is 5.14. The number of methoxy groups -OCH3 is 4. The zero-order chi connectivity index (χ0) is 23.5. The zero-order valence-electron chi connectivity index (χ0n) is 19.3. The van der Waals surface area contributed by atoms with Crippen molar-refractivity contribution in [2.75, 3.05) is 41.5 Å². The van der Waals surface area contributed by atoms with Gasteiger partial charge < -0.3 is 29.6 Å². The molecule has 32 heavy (non-hydrogen) atoms. The van der Waals surface area contributed by atoms with Crippen LogP contribution in [0.15, 0.2) is 36.4 Å². The fourth-order valence-corrected chi connectivity index (χ4v) is 3.33. The van der Waals surface area contributed by atoms with Crippen molar-refractivity contribution < 1.29 is 28.5 Å². The van der Waals surface area contributed by atoms with Crippen LogP contribution in [-0.2, 0) is 0 Å². The minimum Gasteiger partial charge on any atom is -0.493 e. The Bertz CT molecular complexity index is 842. The number of nitrogens with one attached hydrogen (secondary N) is 2. The molecule has 2 amide bonds. The molecule has 0 atom stereocenters. The summed E-state index contributed by atoms with van der Waals surface area (Å²) >= 11 is 0. The van der Waals surface area contributed by atoms with Crippen LogP contribution in [0.5, 0.6) is 23.0 Å². The summed E-state index contributed by atoms with van der Waals surface area (Å²) in [4.78, 5) is 25.0. The van der Waals surface area contributed by atoms with Gasteiger partial charge in [0.2, 0.25) is 0 Å². The van der Waals surface area contributed by atoms with Gasteiger partial charge in [0.05, 0.1) is 39.6 Å². The van der Waals surface area contributed by atoms with Crippen LogP contribution in [0, 0.1) is 5.92 Å². The molecule has 0 aliphatic rings. The fourth-order valence-electron chi connectivity index (χ4n) is 3.33. The van der Waals surface area contributed by atoms with E-state index in [0.717, 1.165) is 12.8 Å². The normalized spacial score (nSPS) is 10.4. The lowest BCUT2D eigenvalue weighted by molar-refractivity contribution is 0.0943. The molecule has 174 valence electrons. The van der Waals surface area contributed by atoms with E-state index in [0.29, 0.717) is 53.1 Å². The number of ether oxygens (including phenoxy) is 4. The minimum absolute atomic E-state index is 0.216. The van der Waals surface area contributed by atoms with Gasteiger partial charge in [0.15, 0.2) is 23.0 Å². The van der Waals surface area contributed by atoms with Crippen molar-refractivity contribution >= 4 is 11.8 Å². The molecule has 0 unspecified atom stereocenters. The van der Waals surface area contributed by atoms with Crippen molar-refractivity contribution in [3.05, 3.63) is 47.5 Å². The van der Waals surface area contributed by atoms with Gasteiger partial charge in [-0.05, 0) is 43.0 Å². The first kappa shape index (κ1) is 24.8. The van der Waals surface area contributed by atoms with Crippen LogP contribution >= 0.6 is 0 Å². The lowest BCUT2D eigenvalue weighted by atomic mass is 10.0. The Labute approximate surface area is 189 Å². The molecule has 8 nitrogen and oxygen atoms in total. The van der Waals surface area contributed by atoms with Crippen LogP contribution in [-0.4, -0.2) is 53.3 Å². The van der Waals surface area contributed by atoms with Crippen LogP contribution < -0.4 is 29.6 Å². The molecule has 2 aromatic rings. The predicted octanol–water partition coefficient (Wildman–Crippen LogP) is 3.30. The van der Waals surface area contributed by atoms with E-state index in [4.69, 9.17) is 18.9 Å². The molecule has 0 bridgehead atoms. The summed E-state index contributed by atoms with van der Waals surface area (Å²) in [6.45, 7) is 3.10. The molecule has 0 aliphatic heterocycles. The summed E-state index contributed by atoms with van der Waals surface area (Å²) in [6, 6.07) is 10.4. The third kappa shape index (κ3) is 6.29. The smallest absolute Gasteiger partial charge is 0.255 e. The second kappa shape index (κ2) is 12.4. The first-order valence-corrected chi connectivity index (χ1v) is 10.4. The average molecular weight is 445 g/mol. The van der Waals surface area contributed by atoms with Crippen molar-refractivity contribution in [3.63, 3.8) is 0 Å². The van der Waals surface area contributed by atoms with Crippen molar-refractivity contribution in [1.29, 1.82) is 0 Å². The highest BCUT2D eigenvalue weighted by molar-refractivity contribution is 5.98. The number of hydrogen-bond acceptors (Lipinski definition) is 6. The highest BCUT2D eigenvalue weighted by Crippen LogP contribution is 2.31. The van der Waals surface area contributed by atoms with E-state index in [1.807, 2.05) is 0 Å². The summed E-state index contributed by atoms with van der Waals surface area (Å²) in [5.41, 5.74) is 0.859. The Morgan fingerprint density at radius 1 is 0.719 bits per heavy atom. The predicted molar refractivity (Wildman–Crippen MR) is 122 cm³/mol. The first-order chi connectivity index (χ1) is 15.5. The van der Waals surface area contributed by atoms with Gasteiger partial charge >= 0.3 is 0 Å². The van der Waals surface area contributed by atoms with E-state index in [1.54, 1.807) is 36.4 Å². The molecule has 0 aliphatic carbocycles. The average Bonchev–Trinajstić information content (AvgIpc) is 2.82. The van der Waals surface area contributed by atoms with Gasteiger partial charge in [-0.25, -0.2) is 0 Å². The van der Waals surface area contributed by atoms with Crippen LogP contribution in [0.3, 0.4) is 0 Å². The van der Waals surface area contributed by atoms with Crippen LogP contribution in [0.1, 0.15) is 40.5 Å². The molecule has 8 heteroatoms. The summed E-state index contributed by atoms with van der Waals surface area (Å²) in [5, 5.41) is 5.83. The molecule has 0 spiro atoms. The first-order valence-electron chi connectivity index (χ1n) is 10.4. The van der Waals surface area contributed by atoms with Crippen LogP contribution in [0.4, 0.5) is 0 Å². The second-order valence-electron chi connectivity index (χ2n) is 7.28. The number of amides is 2. The summed E-state index contributed by atoms with van der Waals surface area (Å²) in [7, 11) is 6.08. The van der Waals surface area contributed by atoms with Gasteiger partial charge in [0.1, 0.15) is 0 Å². The molecular formula is C24H32N2O6. The van der Waals surface area contributed by atoms with E-state index in [9.17, 15) is 9.59 Å². The summed E-state index contributed by atoms with van der Waals surface area (Å²) < 4.78 is 21.1. The maximum atomic E-state index is 12.5. The van der Waals surface area contributed by atoms with E-state index < -0.39 is 0 Å². The quantitative estimate of drug-likeness (QED) is 0.522. The fraction of sp³-hybridized carbons (Fsp3) is 0.417. The lowest BCUT2D eigenvalue weighted by Gasteiger charge is -2.15. The topological polar surface area (TPSA) is 95.1 Å². The Morgan fingerprint density at radius 2 is 1.12 bits per heavy atom. The molecule has 0 aromatic heterocycles. The molecule has 0 saturated heterocycles. The maximum absolute atomic E-state index is 12.5. The van der Waals surface area contributed by atoms with E-state index >= 15 is 0 Å². The van der Waals surface area contributed by atoms with E-state index in [2.05, 4.69) is 17.6 Å². The molecule has 2 rings (SSSR count). The molecule has 2 N–H and O–H groups in total. The Balaban J connectivity index is 1.80. The van der Waals surface area contributed by atoms with Gasteiger partial charge in [0, 0.05) is 13.1 Å². The number of carbonyl (C=O) groups excluding carboxylic acids is 2. The Morgan fingerprint density at radius 3 is 1.47 bits per heavy atom. The van der Waals surface area contributed by atoms with Gasteiger partial charge in [-0.3, -0.25) is 9.59 Å². The second-order valence-corrected chi connectivity index (χ2v) is 7.28. The summed E-state index contributed by atoms with van der Waals surface area (Å²) in [5.74, 6) is 1.72. The van der Waals surface area contributed by atoms with Crippen molar-refractivity contribution in [1.82, 2.24) is 10.6 Å². The van der Waals surface area contributed by atoms with Gasteiger partial charge in [0.25, 0.3) is 11.8 Å². The van der Waals surface area contributed by atoms with Crippen molar-refractivity contribution in [3.8, 4) is 23.0 Å². The van der Waals surface area contributed by atoms with Crippen molar-refractivity contribution in [2.45, 2.75) is 19.8 Å². The Kier molecular flexibility index (Phi) is 9.66. The molecular weight excluding hydrogens is 412 g/mol. The molecule has 0 radical (unpaired) electrons.